The minimum atomic E-state index is -0.926. The number of nitrogens with one attached hydrogen (secondary N) is 1. The lowest BCUT2D eigenvalue weighted by atomic mass is 9.96. The van der Waals surface area contributed by atoms with Gasteiger partial charge in [-0.1, -0.05) is 13.3 Å². The number of carbonyl (C=O) groups is 2. The molecule has 3 amide bonds. The van der Waals surface area contributed by atoms with Gasteiger partial charge in [0.15, 0.2) is 0 Å². The summed E-state index contributed by atoms with van der Waals surface area (Å²) in [5, 5.41) is 2.68. The summed E-state index contributed by atoms with van der Waals surface area (Å²) in [6, 6.07) is 0.756. The van der Waals surface area contributed by atoms with Gasteiger partial charge in [-0.2, -0.15) is 0 Å². The molecule has 120 valence electrons. The predicted octanol–water partition coefficient (Wildman–Crippen LogP) is -0.305. The average Bonchev–Trinajstić information content (AvgIpc) is 2.66. The summed E-state index contributed by atoms with van der Waals surface area (Å²) in [5.41, 5.74) is -1.57. The second kappa shape index (κ2) is 5.43. The van der Waals surface area contributed by atoms with Crippen LogP contribution in [0.3, 0.4) is 0 Å². The topological polar surface area (TPSA) is 93.4 Å². The fourth-order valence-corrected chi connectivity index (χ4v) is 2.65. The fraction of sp³-hybridized carbons (Fsp3) is 0.571. The number of rotatable bonds is 4. The van der Waals surface area contributed by atoms with Crippen molar-refractivity contribution in [1.29, 1.82) is 0 Å². The van der Waals surface area contributed by atoms with E-state index in [1.807, 2.05) is 6.92 Å². The zero-order valence-corrected chi connectivity index (χ0v) is 13.2. The molecule has 1 aromatic rings. The Morgan fingerprint density at radius 3 is 2.36 bits per heavy atom. The van der Waals surface area contributed by atoms with Gasteiger partial charge in [0, 0.05) is 25.9 Å². The molecule has 0 radical (unpaired) electrons. The van der Waals surface area contributed by atoms with Gasteiger partial charge < -0.3 is 5.32 Å². The van der Waals surface area contributed by atoms with Crippen molar-refractivity contribution in [2.24, 2.45) is 14.1 Å². The van der Waals surface area contributed by atoms with Gasteiger partial charge in [0.2, 0.25) is 0 Å². The van der Waals surface area contributed by atoms with E-state index in [-0.39, 0.29) is 12.5 Å². The molecule has 1 aromatic heterocycles. The number of amides is 3. The van der Waals surface area contributed by atoms with Gasteiger partial charge in [0.1, 0.15) is 5.54 Å². The molecular formula is C14H20N4O4. The Labute approximate surface area is 127 Å². The summed E-state index contributed by atoms with van der Waals surface area (Å²) < 4.78 is 2.23. The van der Waals surface area contributed by atoms with Crippen LogP contribution in [0.25, 0.3) is 0 Å². The maximum absolute atomic E-state index is 12.5. The maximum atomic E-state index is 12.5. The van der Waals surface area contributed by atoms with Crippen molar-refractivity contribution in [1.82, 2.24) is 19.4 Å². The van der Waals surface area contributed by atoms with Gasteiger partial charge in [-0.15, -0.1) is 0 Å². The molecule has 1 N–H and O–H groups in total. The van der Waals surface area contributed by atoms with Gasteiger partial charge in [0.05, 0.1) is 6.54 Å². The standard InChI is InChI=1S/C14H20N4O4/c1-5-6-14(2)11(20)18(12(21)15-14)8-9-7-10(19)17(4)13(22)16(9)3/h7H,5-6,8H2,1-4H3,(H,15,21)/t14-/m0/s1. The Morgan fingerprint density at radius 1 is 1.14 bits per heavy atom. The van der Waals surface area contributed by atoms with Crippen LogP contribution < -0.4 is 16.6 Å². The summed E-state index contributed by atoms with van der Waals surface area (Å²) in [6.07, 6.45) is 1.28. The molecule has 0 spiro atoms. The summed E-state index contributed by atoms with van der Waals surface area (Å²) in [5.74, 6) is -0.340. The van der Waals surface area contributed by atoms with E-state index in [4.69, 9.17) is 0 Å². The smallest absolute Gasteiger partial charge is 0.323 e. The van der Waals surface area contributed by atoms with E-state index in [0.29, 0.717) is 12.1 Å². The molecular weight excluding hydrogens is 288 g/mol. The number of carbonyl (C=O) groups excluding carboxylic acids is 2. The Morgan fingerprint density at radius 2 is 1.77 bits per heavy atom. The summed E-state index contributed by atoms with van der Waals surface area (Å²) in [4.78, 5) is 49.2. The normalized spacial score (nSPS) is 21.4. The van der Waals surface area contributed by atoms with Crippen LogP contribution >= 0.6 is 0 Å². The van der Waals surface area contributed by atoms with Crippen LogP contribution in [0.2, 0.25) is 0 Å². The molecule has 0 unspecified atom stereocenters. The van der Waals surface area contributed by atoms with Crippen LogP contribution in [0.15, 0.2) is 15.7 Å². The number of hydrogen-bond donors (Lipinski definition) is 1. The van der Waals surface area contributed by atoms with Crippen molar-refractivity contribution in [2.45, 2.75) is 38.8 Å². The minimum absolute atomic E-state index is 0.105. The third kappa shape index (κ3) is 2.44. The second-order valence-electron chi connectivity index (χ2n) is 5.78. The quantitative estimate of drug-likeness (QED) is 0.772. The highest BCUT2D eigenvalue weighted by molar-refractivity contribution is 6.06. The van der Waals surface area contributed by atoms with Crippen molar-refractivity contribution in [3.63, 3.8) is 0 Å². The van der Waals surface area contributed by atoms with E-state index in [1.54, 1.807) is 6.92 Å². The van der Waals surface area contributed by atoms with Crippen LogP contribution in [-0.4, -0.2) is 31.5 Å². The van der Waals surface area contributed by atoms with Crippen molar-refractivity contribution in [3.8, 4) is 0 Å². The molecule has 2 heterocycles. The first kappa shape index (κ1) is 16.0. The van der Waals surface area contributed by atoms with Crippen molar-refractivity contribution in [2.75, 3.05) is 0 Å². The van der Waals surface area contributed by atoms with Crippen LogP contribution in [0.5, 0.6) is 0 Å². The largest absolute Gasteiger partial charge is 0.330 e. The molecule has 22 heavy (non-hydrogen) atoms. The van der Waals surface area contributed by atoms with Crippen molar-refractivity contribution >= 4 is 11.9 Å². The lowest BCUT2D eigenvalue weighted by Gasteiger charge is -2.21. The Kier molecular flexibility index (Phi) is 3.95. The van der Waals surface area contributed by atoms with E-state index < -0.39 is 22.8 Å². The van der Waals surface area contributed by atoms with Gasteiger partial charge in [0.25, 0.3) is 11.5 Å². The monoisotopic (exact) mass is 308 g/mol. The minimum Gasteiger partial charge on any atom is -0.323 e. The number of hydrogen-bond acceptors (Lipinski definition) is 4. The molecule has 1 aliphatic heterocycles. The highest BCUT2D eigenvalue weighted by Gasteiger charge is 2.47. The first-order valence-corrected chi connectivity index (χ1v) is 7.11. The molecule has 0 aromatic carbocycles. The third-order valence-electron chi connectivity index (χ3n) is 4.04. The zero-order chi connectivity index (χ0) is 16.7. The van der Waals surface area contributed by atoms with Crippen molar-refractivity contribution < 1.29 is 9.59 Å². The first-order chi connectivity index (χ1) is 10.2. The van der Waals surface area contributed by atoms with Crippen molar-refractivity contribution in [3.05, 3.63) is 32.6 Å². The molecule has 1 saturated heterocycles. The molecule has 2 rings (SSSR count). The van der Waals surface area contributed by atoms with E-state index >= 15 is 0 Å². The molecule has 1 atom stereocenters. The lowest BCUT2D eigenvalue weighted by molar-refractivity contribution is -0.131. The molecule has 1 fully saturated rings. The van der Waals surface area contributed by atoms with Crippen LogP contribution in [0.1, 0.15) is 32.4 Å². The Hall–Kier alpha value is -2.38. The maximum Gasteiger partial charge on any atom is 0.330 e. The van der Waals surface area contributed by atoms with Crippen LogP contribution in [0, 0.1) is 0 Å². The highest BCUT2D eigenvalue weighted by atomic mass is 16.2. The number of aromatic nitrogens is 2. The van der Waals surface area contributed by atoms with Crippen LogP contribution in [-0.2, 0) is 25.4 Å². The number of imide groups is 1. The van der Waals surface area contributed by atoms with Crippen LogP contribution in [0.4, 0.5) is 4.79 Å². The molecule has 0 aliphatic carbocycles. The molecule has 1 aliphatic rings. The Bertz CT molecular complexity index is 748. The molecule has 8 nitrogen and oxygen atoms in total. The molecule has 0 bridgehead atoms. The van der Waals surface area contributed by atoms with Gasteiger partial charge in [-0.3, -0.25) is 23.6 Å². The Balaban J connectivity index is 2.36. The fourth-order valence-electron chi connectivity index (χ4n) is 2.65. The van der Waals surface area contributed by atoms with Gasteiger partial charge in [-0.25, -0.2) is 9.59 Å². The van der Waals surface area contributed by atoms with E-state index in [2.05, 4.69) is 5.32 Å². The average molecular weight is 308 g/mol. The molecule has 8 heteroatoms. The van der Waals surface area contributed by atoms with Gasteiger partial charge in [-0.05, 0) is 13.3 Å². The van der Waals surface area contributed by atoms with E-state index in [0.717, 1.165) is 15.9 Å². The number of urea groups is 1. The zero-order valence-electron chi connectivity index (χ0n) is 13.2. The highest BCUT2D eigenvalue weighted by Crippen LogP contribution is 2.23. The molecule has 0 saturated carbocycles. The number of nitrogens with zero attached hydrogens (tertiary/aromatic N) is 3. The van der Waals surface area contributed by atoms with E-state index in [1.165, 1.54) is 24.7 Å². The second-order valence-corrected chi connectivity index (χ2v) is 5.78. The van der Waals surface area contributed by atoms with E-state index in [9.17, 15) is 19.2 Å². The first-order valence-electron chi connectivity index (χ1n) is 7.11. The summed E-state index contributed by atoms with van der Waals surface area (Å²) in [6.45, 7) is 3.50. The third-order valence-corrected chi connectivity index (χ3v) is 4.04. The lowest BCUT2D eigenvalue weighted by Crippen LogP contribution is -2.44. The summed E-state index contributed by atoms with van der Waals surface area (Å²) in [7, 11) is 2.88. The SMILES string of the molecule is CCC[C@]1(C)NC(=O)N(Cc2cc(=O)n(C)c(=O)n2C)C1=O. The predicted molar refractivity (Wildman–Crippen MR) is 79.3 cm³/mol. The summed E-state index contributed by atoms with van der Waals surface area (Å²) >= 11 is 0. The van der Waals surface area contributed by atoms with Gasteiger partial charge >= 0.3 is 11.7 Å².